The maximum Gasteiger partial charge on any atom is 0.416 e. The highest BCUT2D eigenvalue weighted by Crippen LogP contribution is 2.37. The smallest absolute Gasteiger partial charge is 0.306 e. The lowest BCUT2D eigenvalue weighted by Crippen LogP contribution is -2.21. The topological polar surface area (TPSA) is 24.9 Å². The second kappa shape index (κ2) is 9.07. The number of nitrogens with one attached hydrogen (secondary N) is 1. The summed E-state index contributed by atoms with van der Waals surface area (Å²) in [7, 11) is 0. The van der Waals surface area contributed by atoms with Gasteiger partial charge in [-0.2, -0.15) is 26.3 Å². The largest absolute Gasteiger partial charge is 0.416 e. The van der Waals surface area contributed by atoms with Gasteiger partial charge in [-0.25, -0.2) is 9.37 Å². The maximum atomic E-state index is 13.3. The highest BCUT2D eigenvalue weighted by atomic mass is 35.5. The van der Waals surface area contributed by atoms with E-state index in [-0.39, 0.29) is 23.3 Å². The summed E-state index contributed by atoms with van der Waals surface area (Å²) in [5.74, 6) is -0.438. The second-order valence-electron chi connectivity index (χ2n) is 7.09. The third-order valence-electron chi connectivity index (χ3n) is 4.79. The molecule has 170 valence electrons. The number of rotatable bonds is 5. The zero-order valence-corrected chi connectivity index (χ0v) is 17.2. The van der Waals surface area contributed by atoms with Crippen molar-refractivity contribution in [1.29, 1.82) is 0 Å². The Bertz CT molecular complexity index is 1060. The van der Waals surface area contributed by atoms with Gasteiger partial charge in [-0.15, -0.1) is 0 Å². The zero-order chi connectivity index (χ0) is 23.7. The number of nitrogens with zero attached hydrogens (tertiary/aromatic N) is 1. The molecule has 1 aromatic heterocycles. The van der Waals surface area contributed by atoms with Crippen LogP contribution in [0.15, 0.2) is 54.7 Å². The molecule has 0 aliphatic carbocycles. The molecule has 3 rings (SSSR count). The van der Waals surface area contributed by atoms with E-state index in [0.717, 1.165) is 0 Å². The lowest BCUT2D eigenvalue weighted by molar-refractivity contribution is -0.143. The van der Waals surface area contributed by atoms with E-state index in [0.29, 0.717) is 28.8 Å². The lowest BCUT2D eigenvalue weighted by atomic mass is 9.97. The molecule has 0 fully saturated rings. The van der Waals surface area contributed by atoms with Crippen molar-refractivity contribution in [3.8, 4) is 11.1 Å². The Morgan fingerprint density at radius 1 is 0.906 bits per heavy atom. The molecular weight excluding hydrogens is 461 g/mol. The van der Waals surface area contributed by atoms with Crippen LogP contribution in [0.3, 0.4) is 0 Å². The van der Waals surface area contributed by atoms with Gasteiger partial charge >= 0.3 is 12.4 Å². The fourth-order valence-corrected chi connectivity index (χ4v) is 3.56. The number of benzene rings is 2. The van der Waals surface area contributed by atoms with Crippen LogP contribution in [0.5, 0.6) is 0 Å². The first-order valence-corrected chi connectivity index (χ1v) is 9.66. The van der Waals surface area contributed by atoms with Crippen molar-refractivity contribution in [2.24, 2.45) is 0 Å². The molecular formula is C22H16ClF7N2. The second-order valence-corrected chi connectivity index (χ2v) is 7.44. The van der Waals surface area contributed by atoms with Crippen LogP contribution in [0.1, 0.15) is 35.2 Å². The van der Waals surface area contributed by atoms with Gasteiger partial charge in [-0.3, -0.25) is 0 Å². The van der Waals surface area contributed by atoms with E-state index in [4.69, 9.17) is 11.6 Å². The maximum absolute atomic E-state index is 13.3. The SMILES string of the molecule is CC(NCc1cc(C(F)(F)F)cc(C(F)(F)F)c1)c1c(-c2ccc(F)cc2)ccnc1Cl. The summed E-state index contributed by atoms with van der Waals surface area (Å²) in [4.78, 5) is 4.01. The van der Waals surface area contributed by atoms with Crippen molar-refractivity contribution in [3.05, 3.63) is 88.0 Å². The Balaban J connectivity index is 1.91. The van der Waals surface area contributed by atoms with E-state index in [1.807, 2.05) is 0 Å². The predicted octanol–water partition coefficient (Wildman–Crippen LogP) is 7.43. The molecule has 2 aromatic carbocycles. The van der Waals surface area contributed by atoms with Crippen LogP contribution in [-0.4, -0.2) is 4.98 Å². The molecule has 1 unspecified atom stereocenters. The Morgan fingerprint density at radius 2 is 1.47 bits per heavy atom. The summed E-state index contributed by atoms with van der Waals surface area (Å²) in [6, 6.07) is 8.02. The minimum atomic E-state index is -4.93. The predicted molar refractivity (Wildman–Crippen MR) is 106 cm³/mol. The van der Waals surface area contributed by atoms with Crippen LogP contribution in [0.25, 0.3) is 11.1 Å². The molecule has 1 heterocycles. The van der Waals surface area contributed by atoms with Crippen LogP contribution >= 0.6 is 11.6 Å². The van der Waals surface area contributed by atoms with Crippen LogP contribution in [-0.2, 0) is 18.9 Å². The van der Waals surface area contributed by atoms with E-state index >= 15 is 0 Å². The first-order chi connectivity index (χ1) is 14.9. The summed E-state index contributed by atoms with van der Waals surface area (Å²) < 4.78 is 91.8. The molecule has 0 spiro atoms. The molecule has 3 aromatic rings. The van der Waals surface area contributed by atoms with E-state index in [1.165, 1.54) is 30.5 Å². The molecule has 1 atom stereocenters. The van der Waals surface area contributed by atoms with E-state index < -0.39 is 35.3 Å². The summed E-state index contributed by atoms with van der Waals surface area (Å²) in [5.41, 5.74) is -1.26. The molecule has 0 aliphatic heterocycles. The van der Waals surface area contributed by atoms with Gasteiger partial charge in [-0.1, -0.05) is 23.7 Å². The number of hydrogen-bond acceptors (Lipinski definition) is 2. The Hall–Kier alpha value is -2.65. The van der Waals surface area contributed by atoms with Crippen molar-refractivity contribution >= 4 is 11.6 Å². The Labute approximate surface area is 184 Å². The van der Waals surface area contributed by atoms with Crippen LogP contribution in [0.4, 0.5) is 30.7 Å². The number of halogens is 8. The van der Waals surface area contributed by atoms with Crippen LogP contribution in [0, 0.1) is 5.82 Å². The average Bonchev–Trinajstić information content (AvgIpc) is 2.71. The highest BCUT2D eigenvalue weighted by molar-refractivity contribution is 6.30. The van der Waals surface area contributed by atoms with Gasteiger partial charge in [0.2, 0.25) is 0 Å². The minimum absolute atomic E-state index is 0.0809. The average molecular weight is 477 g/mol. The lowest BCUT2D eigenvalue weighted by Gasteiger charge is -2.20. The zero-order valence-electron chi connectivity index (χ0n) is 16.5. The van der Waals surface area contributed by atoms with Crippen molar-refractivity contribution < 1.29 is 30.7 Å². The molecule has 0 aliphatic rings. The molecule has 2 nitrogen and oxygen atoms in total. The van der Waals surface area contributed by atoms with E-state index in [1.54, 1.807) is 13.0 Å². The molecule has 0 saturated carbocycles. The molecule has 0 amide bonds. The standard InChI is InChI=1S/C22H16ClF7N2/c1-12(19-18(6-7-31-20(19)23)14-2-4-17(24)5-3-14)32-11-13-8-15(21(25,26)27)10-16(9-13)22(28,29)30/h2-10,12,32H,11H2,1H3. The Morgan fingerprint density at radius 3 is 2.00 bits per heavy atom. The molecule has 0 bridgehead atoms. The van der Waals surface area contributed by atoms with Gasteiger partial charge in [-0.05, 0) is 60.0 Å². The van der Waals surface area contributed by atoms with Crippen molar-refractivity contribution in [3.63, 3.8) is 0 Å². The van der Waals surface area contributed by atoms with Gasteiger partial charge in [0.05, 0.1) is 11.1 Å². The fourth-order valence-electron chi connectivity index (χ4n) is 3.24. The normalized spacial score (nSPS) is 13.3. The van der Waals surface area contributed by atoms with Gasteiger partial charge in [0.25, 0.3) is 0 Å². The van der Waals surface area contributed by atoms with Crippen molar-refractivity contribution in [2.75, 3.05) is 0 Å². The quantitative estimate of drug-likeness (QED) is 0.306. The van der Waals surface area contributed by atoms with Crippen LogP contribution < -0.4 is 5.32 Å². The van der Waals surface area contributed by atoms with Gasteiger partial charge in [0, 0.05) is 24.3 Å². The Kier molecular flexibility index (Phi) is 6.80. The molecule has 0 saturated heterocycles. The number of alkyl halides is 6. The first-order valence-electron chi connectivity index (χ1n) is 9.28. The third kappa shape index (κ3) is 5.58. The van der Waals surface area contributed by atoms with Crippen molar-refractivity contribution in [1.82, 2.24) is 10.3 Å². The first kappa shape index (κ1) is 24.0. The summed E-state index contributed by atoms with van der Waals surface area (Å²) in [6.07, 6.45) is -8.41. The molecule has 10 heteroatoms. The van der Waals surface area contributed by atoms with Crippen molar-refractivity contribution in [2.45, 2.75) is 31.9 Å². The summed E-state index contributed by atoms with van der Waals surface area (Å²) in [6.45, 7) is 1.36. The minimum Gasteiger partial charge on any atom is -0.306 e. The summed E-state index contributed by atoms with van der Waals surface area (Å²) >= 11 is 6.23. The summed E-state index contributed by atoms with van der Waals surface area (Å²) in [5, 5.41) is 3.01. The van der Waals surface area contributed by atoms with Gasteiger partial charge in [0.1, 0.15) is 11.0 Å². The van der Waals surface area contributed by atoms with Crippen LogP contribution in [0.2, 0.25) is 5.15 Å². The third-order valence-corrected chi connectivity index (χ3v) is 5.09. The molecule has 0 radical (unpaired) electrons. The number of aromatic nitrogens is 1. The van der Waals surface area contributed by atoms with E-state index in [2.05, 4.69) is 10.3 Å². The molecule has 32 heavy (non-hydrogen) atoms. The monoisotopic (exact) mass is 476 g/mol. The molecule has 1 N–H and O–H groups in total. The number of hydrogen-bond donors (Lipinski definition) is 1. The van der Waals surface area contributed by atoms with Gasteiger partial charge < -0.3 is 5.32 Å². The van der Waals surface area contributed by atoms with E-state index in [9.17, 15) is 30.7 Å². The fraction of sp³-hybridized carbons (Fsp3) is 0.227. The van der Waals surface area contributed by atoms with Gasteiger partial charge in [0.15, 0.2) is 0 Å². The highest BCUT2D eigenvalue weighted by Gasteiger charge is 2.36. The number of pyridine rings is 1.